The summed E-state index contributed by atoms with van der Waals surface area (Å²) >= 11 is 0. The minimum atomic E-state index is 0.461. The number of hydrogen-bond donors (Lipinski definition) is 0. The molecule has 0 radical (unpaired) electrons. The van der Waals surface area contributed by atoms with Gasteiger partial charge in [-0.3, -0.25) is 4.79 Å². The Hall–Kier alpha value is -1.11. The number of Topliss-reactive ketones (excluding diaryl/α,β-unsaturated/α-hetero) is 1. The Morgan fingerprint density at radius 3 is 2.26 bits per heavy atom. The maximum absolute atomic E-state index is 11.5. The van der Waals surface area contributed by atoms with Gasteiger partial charge < -0.3 is 0 Å². The molecule has 0 amide bonds. The lowest BCUT2D eigenvalue weighted by Gasteiger charge is -2.00. The second-order valence-corrected chi connectivity index (χ2v) is 5.00. The summed E-state index contributed by atoms with van der Waals surface area (Å²) in [7, 11) is 0. The lowest BCUT2D eigenvalue weighted by Crippen LogP contribution is -1.97. The zero-order valence-electron chi connectivity index (χ0n) is 12.6. The minimum absolute atomic E-state index is 0.461. The Morgan fingerprint density at radius 2 is 1.58 bits per heavy atom. The summed E-state index contributed by atoms with van der Waals surface area (Å²) in [6.07, 6.45) is 20.9. The molecule has 0 aromatic carbocycles. The van der Waals surface area contributed by atoms with Gasteiger partial charge in [0.25, 0.3) is 0 Å². The lowest BCUT2D eigenvalue weighted by atomic mass is 10.0. The van der Waals surface area contributed by atoms with Crippen molar-refractivity contribution in [1.82, 2.24) is 0 Å². The first-order chi connectivity index (χ1) is 9.31. The van der Waals surface area contributed by atoms with E-state index in [0.29, 0.717) is 5.78 Å². The molecule has 1 heteroatoms. The van der Waals surface area contributed by atoms with Gasteiger partial charge in [0.1, 0.15) is 5.78 Å². The molecular weight excluding hydrogens is 232 g/mol. The van der Waals surface area contributed by atoms with Crippen molar-refractivity contribution in [2.24, 2.45) is 0 Å². The van der Waals surface area contributed by atoms with E-state index in [1.54, 1.807) is 6.08 Å². The van der Waals surface area contributed by atoms with Crippen molar-refractivity contribution in [2.45, 2.75) is 71.1 Å². The highest BCUT2D eigenvalue weighted by Crippen LogP contribution is 2.09. The number of hydrogen-bond acceptors (Lipinski definition) is 1. The van der Waals surface area contributed by atoms with Gasteiger partial charge in [0.15, 0.2) is 0 Å². The van der Waals surface area contributed by atoms with E-state index >= 15 is 0 Å². The van der Waals surface area contributed by atoms with Crippen molar-refractivity contribution in [3.8, 4) is 0 Å². The highest BCUT2D eigenvalue weighted by Gasteiger charge is 2.00. The molecule has 0 aliphatic rings. The molecule has 0 saturated carbocycles. The molecule has 0 rings (SSSR count). The maximum atomic E-state index is 11.5. The minimum Gasteiger partial charge on any atom is -0.300 e. The van der Waals surface area contributed by atoms with Crippen LogP contribution in [0, 0.1) is 0 Å². The number of rotatable bonds is 13. The van der Waals surface area contributed by atoms with Crippen LogP contribution in [0.15, 0.2) is 37.0 Å². The highest BCUT2D eigenvalue weighted by molar-refractivity contribution is 5.78. The largest absolute Gasteiger partial charge is 0.300 e. The molecule has 0 fully saturated rings. The van der Waals surface area contributed by atoms with Gasteiger partial charge in [-0.05, 0) is 25.7 Å². The Kier molecular flexibility index (Phi) is 14.1. The van der Waals surface area contributed by atoms with Gasteiger partial charge in [0.05, 0.1) is 0 Å². The molecule has 19 heavy (non-hydrogen) atoms. The monoisotopic (exact) mass is 262 g/mol. The van der Waals surface area contributed by atoms with Crippen molar-refractivity contribution >= 4 is 5.78 Å². The zero-order valence-corrected chi connectivity index (χ0v) is 12.6. The first-order valence-electron chi connectivity index (χ1n) is 7.77. The summed E-state index contributed by atoms with van der Waals surface area (Å²) in [5.41, 5.74) is 0. The standard InChI is InChI=1S/C18H30O/c1-3-5-7-8-9-10-11-12-13-15-17-18(19)16-14-6-4-2/h3,5,7-9H,1,4,6,10-17H2,2H3/b7-5-,9-8?. The van der Waals surface area contributed by atoms with E-state index in [1.807, 2.05) is 12.2 Å². The molecule has 0 atom stereocenters. The second-order valence-electron chi connectivity index (χ2n) is 5.00. The maximum Gasteiger partial charge on any atom is 0.132 e. The fraction of sp³-hybridized carbons (Fsp3) is 0.611. The van der Waals surface area contributed by atoms with Crippen LogP contribution >= 0.6 is 0 Å². The average Bonchev–Trinajstić information content (AvgIpc) is 2.41. The molecule has 0 bridgehead atoms. The first kappa shape index (κ1) is 17.9. The van der Waals surface area contributed by atoms with Crippen molar-refractivity contribution in [1.29, 1.82) is 0 Å². The third-order valence-electron chi connectivity index (χ3n) is 3.13. The molecule has 0 unspecified atom stereocenters. The fourth-order valence-electron chi connectivity index (χ4n) is 1.95. The Bertz CT molecular complexity index is 273. The van der Waals surface area contributed by atoms with Crippen LogP contribution < -0.4 is 0 Å². The molecule has 1 nitrogen and oxygen atoms in total. The predicted octanol–water partition coefficient (Wildman–Crippen LogP) is 5.77. The third-order valence-corrected chi connectivity index (χ3v) is 3.13. The lowest BCUT2D eigenvalue weighted by molar-refractivity contribution is -0.119. The summed E-state index contributed by atoms with van der Waals surface area (Å²) in [5.74, 6) is 0.461. The topological polar surface area (TPSA) is 17.1 Å². The van der Waals surface area contributed by atoms with Crippen LogP contribution in [0.5, 0.6) is 0 Å². The van der Waals surface area contributed by atoms with E-state index < -0.39 is 0 Å². The molecule has 108 valence electrons. The average molecular weight is 262 g/mol. The van der Waals surface area contributed by atoms with Gasteiger partial charge in [-0.1, -0.05) is 69.6 Å². The molecule has 0 heterocycles. The van der Waals surface area contributed by atoms with Gasteiger partial charge >= 0.3 is 0 Å². The summed E-state index contributed by atoms with van der Waals surface area (Å²) in [4.78, 5) is 11.5. The second kappa shape index (κ2) is 14.9. The van der Waals surface area contributed by atoms with Gasteiger partial charge in [-0.15, -0.1) is 0 Å². The highest BCUT2D eigenvalue weighted by atomic mass is 16.1. The van der Waals surface area contributed by atoms with E-state index in [1.165, 1.54) is 32.1 Å². The number of unbranched alkanes of at least 4 members (excludes halogenated alkanes) is 6. The molecule has 0 aliphatic carbocycles. The predicted molar refractivity (Wildman–Crippen MR) is 85.3 cm³/mol. The molecule has 0 aromatic rings. The van der Waals surface area contributed by atoms with Crippen molar-refractivity contribution in [2.75, 3.05) is 0 Å². The van der Waals surface area contributed by atoms with Crippen LogP contribution in [0.3, 0.4) is 0 Å². The van der Waals surface area contributed by atoms with E-state index in [0.717, 1.165) is 32.1 Å². The summed E-state index contributed by atoms with van der Waals surface area (Å²) in [6, 6.07) is 0. The summed E-state index contributed by atoms with van der Waals surface area (Å²) in [5, 5.41) is 0. The quantitative estimate of drug-likeness (QED) is 0.304. The molecule has 0 saturated heterocycles. The van der Waals surface area contributed by atoms with Crippen LogP contribution in [0.25, 0.3) is 0 Å². The number of carbonyl (C=O) groups is 1. The third kappa shape index (κ3) is 14.8. The molecule has 0 N–H and O–H groups in total. The van der Waals surface area contributed by atoms with E-state index in [9.17, 15) is 4.79 Å². The van der Waals surface area contributed by atoms with Gasteiger partial charge in [0.2, 0.25) is 0 Å². The summed E-state index contributed by atoms with van der Waals surface area (Å²) < 4.78 is 0. The first-order valence-corrected chi connectivity index (χ1v) is 7.77. The van der Waals surface area contributed by atoms with Gasteiger partial charge in [-0.2, -0.15) is 0 Å². The van der Waals surface area contributed by atoms with Crippen molar-refractivity contribution in [3.63, 3.8) is 0 Å². The van der Waals surface area contributed by atoms with Crippen molar-refractivity contribution in [3.05, 3.63) is 37.0 Å². The van der Waals surface area contributed by atoms with Gasteiger partial charge in [-0.25, -0.2) is 0 Å². The molecular formula is C18H30O. The van der Waals surface area contributed by atoms with E-state index in [-0.39, 0.29) is 0 Å². The number of ketones is 1. The number of carbonyl (C=O) groups excluding carboxylic acids is 1. The van der Waals surface area contributed by atoms with Crippen LogP contribution in [0.2, 0.25) is 0 Å². The van der Waals surface area contributed by atoms with E-state index in [4.69, 9.17) is 0 Å². The SMILES string of the molecule is C=C/C=C\C=CCCCCCCC(=O)CCCCC. The summed E-state index contributed by atoms with van der Waals surface area (Å²) in [6.45, 7) is 5.79. The normalized spacial score (nSPS) is 11.4. The Labute approximate surface area is 119 Å². The zero-order chi connectivity index (χ0) is 14.2. The van der Waals surface area contributed by atoms with Gasteiger partial charge in [0, 0.05) is 12.8 Å². The fourth-order valence-corrected chi connectivity index (χ4v) is 1.95. The Morgan fingerprint density at radius 1 is 0.895 bits per heavy atom. The van der Waals surface area contributed by atoms with Crippen molar-refractivity contribution < 1.29 is 4.79 Å². The van der Waals surface area contributed by atoms with E-state index in [2.05, 4.69) is 25.7 Å². The van der Waals surface area contributed by atoms with Crippen LogP contribution in [-0.2, 0) is 4.79 Å². The molecule has 0 aromatic heterocycles. The Balaban J connectivity index is 3.26. The molecule has 0 aliphatic heterocycles. The number of allylic oxidation sites excluding steroid dienone is 5. The molecule has 0 spiro atoms. The van der Waals surface area contributed by atoms with Crippen LogP contribution in [0.4, 0.5) is 0 Å². The van der Waals surface area contributed by atoms with Crippen LogP contribution in [-0.4, -0.2) is 5.78 Å². The van der Waals surface area contributed by atoms with Crippen LogP contribution in [0.1, 0.15) is 71.1 Å². The smallest absolute Gasteiger partial charge is 0.132 e.